The third-order valence-corrected chi connectivity index (χ3v) is 5.17. The first-order valence-corrected chi connectivity index (χ1v) is 9.78. The van der Waals surface area contributed by atoms with Crippen LogP contribution in [0.25, 0.3) is 10.9 Å². The SMILES string of the molecule is O=C(CCc1nc2ccccc2c(=O)[nH]1)NCc1ccccc1N1CCCC1. The molecule has 1 aromatic heterocycles. The fraction of sp³-hybridized carbons (Fsp3) is 0.318. The summed E-state index contributed by atoms with van der Waals surface area (Å²) in [5, 5.41) is 3.56. The molecule has 6 nitrogen and oxygen atoms in total. The Bertz CT molecular complexity index is 1040. The van der Waals surface area contributed by atoms with E-state index in [1.165, 1.54) is 18.5 Å². The molecular formula is C22H24N4O2. The molecule has 0 aliphatic carbocycles. The first kappa shape index (κ1) is 18.2. The Hall–Kier alpha value is -3.15. The Balaban J connectivity index is 1.36. The van der Waals surface area contributed by atoms with Gasteiger partial charge < -0.3 is 15.2 Å². The highest BCUT2D eigenvalue weighted by Gasteiger charge is 2.15. The van der Waals surface area contributed by atoms with Crippen LogP contribution in [0.5, 0.6) is 0 Å². The molecular weight excluding hydrogens is 352 g/mol. The Labute approximate surface area is 163 Å². The summed E-state index contributed by atoms with van der Waals surface area (Å²) in [6.07, 6.45) is 3.13. The highest BCUT2D eigenvalue weighted by atomic mass is 16.1. The predicted molar refractivity (Wildman–Crippen MR) is 110 cm³/mol. The van der Waals surface area contributed by atoms with Crippen LogP contribution >= 0.6 is 0 Å². The van der Waals surface area contributed by atoms with E-state index < -0.39 is 0 Å². The summed E-state index contributed by atoms with van der Waals surface area (Å²) in [6.45, 7) is 2.66. The number of carbonyl (C=O) groups is 1. The summed E-state index contributed by atoms with van der Waals surface area (Å²) in [6, 6.07) is 15.5. The zero-order chi connectivity index (χ0) is 19.3. The van der Waals surface area contributed by atoms with Crippen LogP contribution in [0.3, 0.4) is 0 Å². The fourth-order valence-corrected chi connectivity index (χ4v) is 3.69. The van der Waals surface area contributed by atoms with Gasteiger partial charge in [-0.1, -0.05) is 30.3 Å². The second-order valence-electron chi connectivity index (χ2n) is 7.13. The molecule has 3 aromatic rings. The van der Waals surface area contributed by atoms with Crippen LogP contribution in [0.4, 0.5) is 5.69 Å². The number of nitrogens with zero attached hydrogens (tertiary/aromatic N) is 2. The Morgan fingerprint density at radius 1 is 1.07 bits per heavy atom. The summed E-state index contributed by atoms with van der Waals surface area (Å²) in [7, 11) is 0. The molecule has 1 aliphatic rings. The molecule has 6 heteroatoms. The molecule has 4 rings (SSSR count). The zero-order valence-corrected chi connectivity index (χ0v) is 15.8. The average Bonchev–Trinajstić information content (AvgIpc) is 3.26. The van der Waals surface area contributed by atoms with Crippen LogP contribution in [0.1, 0.15) is 30.7 Å². The van der Waals surface area contributed by atoms with Gasteiger partial charge in [-0.05, 0) is 36.6 Å². The minimum Gasteiger partial charge on any atom is -0.371 e. The topological polar surface area (TPSA) is 78.1 Å². The number of anilines is 1. The van der Waals surface area contributed by atoms with Crippen molar-refractivity contribution in [3.05, 3.63) is 70.3 Å². The number of carbonyl (C=O) groups excluding carboxylic acids is 1. The lowest BCUT2D eigenvalue weighted by Crippen LogP contribution is -2.26. The second-order valence-corrected chi connectivity index (χ2v) is 7.13. The minimum absolute atomic E-state index is 0.0490. The number of aromatic amines is 1. The van der Waals surface area contributed by atoms with Gasteiger partial charge in [0.25, 0.3) is 5.56 Å². The van der Waals surface area contributed by atoms with Crippen LogP contribution in [-0.2, 0) is 17.8 Å². The van der Waals surface area contributed by atoms with E-state index in [1.807, 2.05) is 30.3 Å². The van der Waals surface area contributed by atoms with Crippen molar-refractivity contribution >= 4 is 22.5 Å². The summed E-state index contributed by atoms with van der Waals surface area (Å²) >= 11 is 0. The van der Waals surface area contributed by atoms with Crippen LogP contribution in [0, 0.1) is 0 Å². The number of amides is 1. The molecule has 0 radical (unpaired) electrons. The van der Waals surface area contributed by atoms with Crippen molar-refractivity contribution < 1.29 is 4.79 Å². The van der Waals surface area contributed by atoms with Gasteiger partial charge in [-0.3, -0.25) is 9.59 Å². The van der Waals surface area contributed by atoms with Crippen LogP contribution in [-0.4, -0.2) is 29.0 Å². The second kappa shape index (κ2) is 8.25. The average molecular weight is 376 g/mol. The van der Waals surface area contributed by atoms with Gasteiger partial charge >= 0.3 is 0 Å². The van der Waals surface area contributed by atoms with E-state index in [2.05, 4.69) is 32.3 Å². The molecule has 2 heterocycles. The predicted octanol–water partition coefficient (Wildman–Crippen LogP) is 2.77. The first-order valence-electron chi connectivity index (χ1n) is 9.78. The lowest BCUT2D eigenvalue weighted by atomic mass is 10.1. The molecule has 1 aliphatic heterocycles. The Morgan fingerprint density at radius 2 is 1.82 bits per heavy atom. The Morgan fingerprint density at radius 3 is 2.68 bits per heavy atom. The number of hydrogen-bond donors (Lipinski definition) is 2. The van der Waals surface area contributed by atoms with Crippen molar-refractivity contribution in [1.29, 1.82) is 0 Å². The number of benzene rings is 2. The van der Waals surface area contributed by atoms with E-state index in [4.69, 9.17) is 0 Å². The van der Waals surface area contributed by atoms with Gasteiger partial charge in [-0.25, -0.2) is 4.98 Å². The van der Waals surface area contributed by atoms with Crippen LogP contribution < -0.4 is 15.8 Å². The van der Waals surface area contributed by atoms with Gasteiger partial charge in [0.1, 0.15) is 5.82 Å². The third kappa shape index (κ3) is 4.06. The number of para-hydroxylation sites is 2. The molecule has 2 N–H and O–H groups in total. The molecule has 0 bridgehead atoms. The summed E-state index contributed by atoms with van der Waals surface area (Å²) in [4.78, 5) is 34.0. The van der Waals surface area contributed by atoms with E-state index in [-0.39, 0.29) is 17.9 Å². The number of fused-ring (bicyclic) bond motifs is 1. The number of hydrogen-bond acceptors (Lipinski definition) is 4. The van der Waals surface area contributed by atoms with Crippen molar-refractivity contribution in [3.8, 4) is 0 Å². The highest BCUT2D eigenvalue weighted by Crippen LogP contribution is 2.24. The quantitative estimate of drug-likeness (QED) is 0.693. The number of nitrogens with one attached hydrogen (secondary N) is 2. The van der Waals surface area contributed by atoms with Gasteiger partial charge in [-0.2, -0.15) is 0 Å². The normalized spacial score (nSPS) is 13.8. The van der Waals surface area contributed by atoms with Crippen molar-refractivity contribution in [3.63, 3.8) is 0 Å². The maximum Gasteiger partial charge on any atom is 0.258 e. The van der Waals surface area contributed by atoms with E-state index in [0.29, 0.717) is 29.7 Å². The van der Waals surface area contributed by atoms with Gasteiger partial charge in [-0.15, -0.1) is 0 Å². The largest absolute Gasteiger partial charge is 0.371 e. The monoisotopic (exact) mass is 376 g/mol. The summed E-state index contributed by atoms with van der Waals surface area (Å²) in [5.74, 6) is 0.489. The van der Waals surface area contributed by atoms with Gasteiger partial charge in [0.2, 0.25) is 5.91 Å². The van der Waals surface area contributed by atoms with Gasteiger partial charge in [0.05, 0.1) is 10.9 Å². The standard InChI is InChI=1S/C22H24N4O2/c27-21(12-11-20-24-18-9-3-2-8-17(18)22(28)25-20)23-15-16-7-1-4-10-19(16)26-13-5-6-14-26/h1-4,7-10H,5-6,11-15H2,(H,23,27)(H,24,25,28). The molecule has 0 saturated carbocycles. The molecule has 1 saturated heterocycles. The third-order valence-electron chi connectivity index (χ3n) is 5.17. The van der Waals surface area contributed by atoms with Crippen LogP contribution in [0.2, 0.25) is 0 Å². The maximum atomic E-state index is 12.3. The summed E-state index contributed by atoms with van der Waals surface area (Å²) in [5.41, 5.74) is 2.83. The molecule has 0 atom stereocenters. The highest BCUT2D eigenvalue weighted by molar-refractivity contribution is 5.78. The minimum atomic E-state index is -0.166. The van der Waals surface area contributed by atoms with Crippen molar-refractivity contribution in [2.75, 3.05) is 18.0 Å². The number of H-pyrrole nitrogens is 1. The van der Waals surface area contributed by atoms with Gasteiger partial charge in [0, 0.05) is 38.2 Å². The van der Waals surface area contributed by atoms with E-state index in [0.717, 1.165) is 18.7 Å². The first-order chi connectivity index (χ1) is 13.7. The van der Waals surface area contributed by atoms with Gasteiger partial charge in [0.15, 0.2) is 0 Å². The molecule has 144 valence electrons. The molecule has 1 amide bonds. The van der Waals surface area contributed by atoms with E-state index in [9.17, 15) is 9.59 Å². The molecule has 2 aromatic carbocycles. The number of aryl methyl sites for hydroxylation is 1. The van der Waals surface area contributed by atoms with Crippen LogP contribution in [0.15, 0.2) is 53.3 Å². The smallest absolute Gasteiger partial charge is 0.258 e. The Kier molecular flexibility index (Phi) is 5.37. The lowest BCUT2D eigenvalue weighted by molar-refractivity contribution is -0.121. The van der Waals surface area contributed by atoms with E-state index >= 15 is 0 Å². The number of aromatic nitrogens is 2. The van der Waals surface area contributed by atoms with Crippen molar-refractivity contribution in [2.45, 2.75) is 32.2 Å². The van der Waals surface area contributed by atoms with E-state index in [1.54, 1.807) is 6.07 Å². The molecule has 1 fully saturated rings. The fourth-order valence-electron chi connectivity index (χ4n) is 3.69. The lowest BCUT2D eigenvalue weighted by Gasteiger charge is -2.21. The zero-order valence-electron chi connectivity index (χ0n) is 15.8. The molecule has 28 heavy (non-hydrogen) atoms. The van der Waals surface area contributed by atoms with Crippen molar-refractivity contribution in [2.24, 2.45) is 0 Å². The maximum absolute atomic E-state index is 12.3. The van der Waals surface area contributed by atoms with Crippen molar-refractivity contribution in [1.82, 2.24) is 15.3 Å². The summed E-state index contributed by atoms with van der Waals surface area (Å²) < 4.78 is 0. The number of rotatable bonds is 6. The molecule has 0 spiro atoms. The molecule has 0 unspecified atom stereocenters.